The summed E-state index contributed by atoms with van der Waals surface area (Å²) in [6.45, 7) is 1.70. The minimum Gasteiger partial charge on any atom is -0.450 e. The fourth-order valence-electron chi connectivity index (χ4n) is 1.04. The van der Waals surface area contributed by atoms with E-state index in [0.717, 1.165) is 18.2 Å². The molecule has 0 aliphatic carbocycles. The Hall–Kier alpha value is -2.18. The van der Waals surface area contributed by atoms with E-state index >= 15 is 0 Å². The lowest BCUT2D eigenvalue weighted by Crippen LogP contribution is -2.14. The summed E-state index contributed by atoms with van der Waals surface area (Å²) in [5.41, 5.74) is -0.627. The van der Waals surface area contributed by atoms with Crippen LogP contribution >= 0.6 is 0 Å². The minimum atomic E-state index is -0.865. The molecule has 0 fully saturated rings. The van der Waals surface area contributed by atoms with Crippen molar-refractivity contribution in [3.05, 3.63) is 34.1 Å². The molecule has 0 atom stereocenters. The van der Waals surface area contributed by atoms with Crippen LogP contribution in [0.5, 0.6) is 0 Å². The van der Waals surface area contributed by atoms with Crippen LogP contribution in [0.25, 0.3) is 0 Å². The predicted molar refractivity (Wildman–Crippen MR) is 53.7 cm³/mol. The molecule has 0 radical (unpaired) electrons. The van der Waals surface area contributed by atoms with E-state index in [0.29, 0.717) is 0 Å². The zero-order valence-corrected chi connectivity index (χ0v) is 8.40. The molecular formula is C9H9FN2O4. The number of carbonyl (C=O) groups is 1. The number of hydrogen-bond donors (Lipinski definition) is 1. The number of rotatable bonds is 3. The van der Waals surface area contributed by atoms with E-state index in [2.05, 4.69) is 10.1 Å². The molecule has 0 unspecified atom stereocenters. The van der Waals surface area contributed by atoms with Gasteiger partial charge in [0.1, 0.15) is 11.5 Å². The first kappa shape index (κ1) is 11.9. The number of nitro benzene ring substituents is 1. The van der Waals surface area contributed by atoms with Gasteiger partial charge < -0.3 is 4.74 Å². The molecule has 0 heterocycles. The summed E-state index contributed by atoms with van der Waals surface area (Å²) in [6.07, 6.45) is -0.865. The molecule has 1 amide bonds. The van der Waals surface area contributed by atoms with Crippen molar-refractivity contribution in [3.8, 4) is 0 Å². The van der Waals surface area contributed by atoms with Gasteiger partial charge in [0, 0.05) is 12.1 Å². The maximum atomic E-state index is 12.8. The van der Waals surface area contributed by atoms with Gasteiger partial charge in [-0.2, -0.15) is 0 Å². The topological polar surface area (TPSA) is 81.5 Å². The van der Waals surface area contributed by atoms with Crippen molar-refractivity contribution in [2.24, 2.45) is 0 Å². The second-order valence-corrected chi connectivity index (χ2v) is 2.76. The Labute approximate surface area is 90.2 Å². The van der Waals surface area contributed by atoms with E-state index in [1.807, 2.05) is 0 Å². The van der Waals surface area contributed by atoms with Gasteiger partial charge in [0.2, 0.25) is 0 Å². The fraction of sp³-hybridized carbons (Fsp3) is 0.222. The van der Waals surface area contributed by atoms with Crippen LogP contribution in [-0.4, -0.2) is 17.6 Å². The van der Waals surface area contributed by atoms with Crippen LogP contribution in [0.1, 0.15) is 6.92 Å². The van der Waals surface area contributed by atoms with Crippen LogP contribution in [-0.2, 0) is 4.74 Å². The van der Waals surface area contributed by atoms with Gasteiger partial charge >= 0.3 is 6.09 Å². The average Bonchev–Trinajstić information content (AvgIpc) is 2.17. The summed E-state index contributed by atoms with van der Waals surface area (Å²) in [5.74, 6) is -0.683. The quantitative estimate of drug-likeness (QED) is 0.635. The largest absolute Gasteiger partial charge is 0.450 e. The normalized spacial score (nSPS) is 9.62. The Morgan fingerprint density at radius 3 is 2.88 bits per heavy atom. The SMILES string of the molecule is CCOC(=O)Nc1cc(F)ccc1[N+](=O)[O-]. The van der Waals surface area contributed by atoms with Crippen molar-refractivity contribution in [1.82, 2.24) is 0 Å². The number of anilines is 1. The Kier molecular flexibility index (Phi) is 3.76. The molecule has 1 aromatic rings. The molecule has 7 heteroatoms. The summed E-state index contributed by atoms with van der Waals surface area (Å²) >= 11 is 0. The van der Waals surface area contributed by atoms with Crippen molar-refractivity contribution in [2.75, 3.05) is 11.9 Å². The van der Waals surface area contributed by atoms with Crippen molar-refractivity contribution in [2.45, 2.75) is 6.92 Å². The molecule has 0 saturated carbocycles. The van der Waals surface area contributed by atoms with E-state index in [1.54, 1.807) is 6.92 Å². The smallest absolute Gasteiger partial charge is 0.411 e. The molecule has 86 valence electrons. The van der Waals surface area contributed by atoms with Gasteiger partial charge in [-0.25, -0.2) is 9.18 Å². The van der Waals surface area contributed by atoms with Gasteiger partial charge in [0.15, 0.2) is 0 Å². The van der Waals surface area contributed by atoms with Crippen molar-refractivity contribution in [3.63, 3.8) is 0 Å². The number of amides is 1. The van der Waals surface area contributed by atoms with E-state index in [4.69, 9.17) is 0 Å². The Morgan fingerprint density at radius 1 is 1.62 bits per heavy atom. The fourth-order valence-corrected chi connectivity index (χ4v) is 1.04. The lowest BCUT2D eigenvalue weighted by atomic mass is 10.2. The highest BCUT2D eigenvalue weighted by Crippen LogP contribution is 2.24. The average molecular weight is 228 g/mol. The Balaban J connectivity index is 2.96. The lowest BCUT2D eigenvalue weighted by molar-refractivity contribution is -0.384. The van der Waals surface area contributed by atoms with E-state index in [-0.39, 0.29) is 12.3 Å². The van der Waals surface area contributed by atoms with E-state index in [9.17, 15) is 19.3 Å². The third kappa shape index (κ3) is 2.91. The van der Waals surface area contributed by atoms with Crippen LogP contribution in [0.15, 0.2) is 18.2 Å². The van der Waals surface area contributed by atoms with E-state index < -0.39 is 22.5 Å². The first-order valence-corrected chi connectivity index (χ1v) is 4.42. The molecule has 0 aromatic heterocycles. The molecule has 0 spiro atoms. The molecular weight excluding hydrogens is 219 g/mol. The lowest BCUT2D eigenvalue weighted by Gasteiger charge is -2.05. The highest BCUT2D eigenvalue weighted by atomic mass is 19.1. The highest BCUT2D eigenvalue weighted by Gasteiger charge is 2.16. The molecule has 0 saturated heterocycles. The van der Waals surface area contributed by atoms with Crippen LogP contribution in [0.2, 0.25) is 0 Å². The standard InChI is InChI=1S/C9H9FN2O4/c1-2-16-9(13)11-7-5-6(10)3-4-8(7)12(14)15/h3-5H,2H2,1H3,(H,11,13). The third-order valence-corrected chi connectivity index (χ3v) is 1.67. The molecule has 0 bridgehead atoms. The van der Waals surface area contributed by atoms with Gasteiger partial charge in [-0.15, -0.1) is 0 Å². The van der Waals surface area contributed by atoms with Crippen LogP contribution in [0.3, 0.4) is 0 Å². The van der Waals surface area contributed by atoms with Crippen LogP contribution in [0.4, 0.5) is 20.6 Å². The Bertz CT molecular complexity index is 422. The summed E-state index contributed by atoms with van der Waals surface area (Å²) in [5, 5.41) is 12.7. The van der Waals surface area contributed by atoms with Gasteiger partial charge in [0.05, 0.1) is 11.5 Å². The zero-order valence-electron chi connectivity index (χ0n) is 8.40. The zero-order chi connectivity index (χ0) is 12.1. The van der Waals surface area contributed by atoms with Crippen LogP contribution < -0.4 is 5.32 Å². The molecule has 16 heavy (non-hydrogen) atoms. The summed E-state index contributed by atoms with van der Waals surface area (Å²) in [7, 11) is 0. The predicted octanol–water partition coefficient (Wildman–Crippen LogP) is 2.30. The first-order valence-electron chi connectivity index (χ1n) is 4.42. The number of carbonyl (C=O) groups excluding carboxylic acids is 1. The number of benzene rings is 1. The maximum Gasteiger partial charge on any atom is 0.411 e. The number of nitrogens with zero attached hydrogens (tertiary/aromatic N) is 1. The molecule has 1 rings (SSSR count). The molecule has 6 nitrogen and oxygen atoms in total. The van der Waals surface area contributed by atoms with E-state index in [1.165, 1.54) is 0 Å². The molecule has 0 aliphatic rings. The Morgan fingerprint density at radius 2 is 2.31 bits per heavy atom. The minimum absolute atomic E-state index is 0.120. The summed E-state index contributed by atoms with van der Waals surface area (Å²) < 4.78 is 17.4. The van der Waals surface area contributed by atoms with Gasteiger partial charge in [-0.3, -0.25) is 15.4 Å². The van der Waals surface area contributed by atoms with Crippen molar-refractivity contribution < 1.29 is 18.8 Å². The van der Waals surface area contributed by atoms with Crippen LogP contribution in [0, 0.1) is 15.9 Å². The second kappa shape index (κ2) is 5.06. The molecule has 1 N–H and O–H groups in total. The van der Waals surface area contributed by atoms with Crippen molar-refractivity contribution in [1.29, 1.82) is 0 Å². The van der Waals surface area contributed by atoms with Gasteiger partial charge in [-0.05, 0) is 13.0 Å². The van der Waals surface area contributed by atoms with Crippen molar-refractivity contribution >= 4 is 17.5 Å². The number of nitrogens with one attached hydrogen (secondary N) is 1. The maximum absolute atomic E-state index is 12.8. The monoisotopic (exact) mass is 228 g/mol. The summed E-state index contributed by atoms with van der Waals surface area (Å²) in [4.78, 5) is 20.9. The molecule has 1 aromatic carbocycles. The summed E-state index contributed by atoms with van der Waals surface area (Å²) in [6, 6.07) is 2.76. The number of halogens is 1. The number of hydrogen-bond acceptors (Lipinski definition) is 4. The second-order valence-electron chi connectivity index (χ2n) is 2.76. The first-order chi connectivity index (χ1) is 7.54. The third-order valence-electron chi connectivity index (χ3n) is 1.67. The van der Waals surface area contributed by atoms with Gasteiger partial charge in [-0.1, -0.05) is 0 Å². The number of nitro groups is 1. The van der Waals surface area contributed by atoms with Gasteiger partial charge in [0.25, 0.3) is 5.69 Å². The highest BCUT2D eigenvalue weighted by molar-refractivity contribution is 5.87. The molecule has 0 aliphatic heterocycles. The number of ether oxygens (including phenoxy) is 1.